The van der Waals surface area contributed by atoms with E-state index in [1.54, 1.807) is 0 Å². The summed E-state index contributed by atoms with van der Waals surface area (Å²) in [6, 6.07) is 98.9. The van der Waals surface area contributed by atoms with Gasteiger partial charge in [0.15, 0.2) is 11.7 Å². The normalized spacial score (nSPS) is 17.7. The largest absolute Gasteiger partial charge is 0.345 e. The average molecular weight is 1120 g/mol. The zero-order valence-corrected chi connectivity index (χ0v) is 47.5. The smallest absolute Gasteiger partial charge is 0.261 e. The molecular formula is C76H58N8O2. The van der Waals surface area contributed by atoms with E-state index in [-0.39, 0.29) is 0 Å². The predicted molar refractivity (Wildman–Crippen MR) is 347 cm³/mol. The van der Waals surface area contributed by atoms with Gasteiger partial charge in [-0.2, -0.15) is 0 Å². The van der Waals surface area contributed by atoms with Crippen molar-refractivity contribution in [1.82, 2.24) is 9.55 Å². The number of hydrogen-bond donors (Lipinski definition) is 0. The summed E-state index contributed by atoms with van der Waals surface area (Å²) in [7, 11) is 0. The zero-order valence-electron chi connectivity index (χ0n) is 47.5. The summed E-state index contributed by atoms with van der Waals surface area (Å²) >= 11 is 0. The van der Waals surface area contributed by atoms with Crippen molar-refractivity contribution in [3.63, 3.8) is 0 Å². The van der Waals surface area contributed by atoms with Gasteiger partial charge < -0.3 is 9.47 Å². The molecule has 3 aliphatic heterocycles. The Balaban J connectivity index is 1.01. The van der Waals surface area contributed by atoms with Gasteiger partial charge in [0.1, 0.15) is 17.2 Å². The highest BCUT2D eigenvalue weighted by atomic mass is 16.5. The molecule has 0 saturated carbocycles. The molecule has 0 fully saturated rings. The van der Waals surface area contributed by atoms with Crippen LogP contribution in [-0.2, 0) is 26.7 Å². The van der Waals surface area contributed by atoms with E-state index in [0.717, 1.165) is 101 Å². The molecule has 10 heteroatoms. The molecule has 1 aromatic heterocycles. The van der Waals surface area contributed by atoms with Crippen LogP contribution in [0.1, 0.15) is 63.9 Å². The Bertz CT molecular complexity index is 4360. The Kier molecular flexibility index (Phi) is 14.2. The molecule has 14 rings (SSSR count). The summed E-state index contributed by atoms with van der Waals surface area (Å²) < 4.78 is 15.7. The quantitative estimate of drug-likeness (QED) is 0.0905. The molecule has 0 amide bonds. The van der Waals surface area contributed by atoms with E-state index in [4.69, 9.17) is 44.4 Å². The van der Waals surface area contributed by atoms with Crippen LogP contribution in [0, 0.1) is 0 Å². The van der Waals surface area contributed by atoms with Crippen LogP contribution in [0.2, 0.25) is 0 Å². The number of aromatic nitrogens is 2. The molecule has 0 bridgehead atoms. The highest BCUT2D eigenvalue weighted by Crippen LogP contribution is 2.48. The molecule has 10 aromatic carbocycles. The third-order valence-corrected chi connectivity index (χ3v) is 15.8. The zero-order chi connectivity index (χ0) is 57.9. The van der Waals surface area contributed by atoms with E-state index in [1.165, 1.54) is 0 Å². The lowest BCUT2D eigenvalue weighted by Gasteiger charge is -2.30. The van der Waals surface area contributed by atoms with Gasteiger partial charge in [0.05, 0.1) is 22.8 Å². The number of amidine groups is 2. The molecule has 10 nitrogen and oxygen atoms in total. The standard InChI is InChI=1S/C76H58N8O2/c1-3-85-74(62-41-25-11-26-42-62)69(57-37-21-9-22-38-57)78-71(82-74)59-45-47-61(48-46-59)73-77-67(55-33-17-7-18-34-55)68(56-35-19-8-20-36-56)84(73)76(80-65(53-29-13-5-14-30-53)66(81-76)54-31-15-6-16-32-54)64-51-49-60(50-52-64)72-79-70(58-39-23-10-24-40-58)75(83-72,86-4-2)63-43-27-12-28-44-63/h5-52H,3-4H2,1-2H3. The Hall–Kier alpha value is -10.7. The number of rotatable bonds is 17. The third kappa shape index (κ3) is 9.47. The van der Waals surface area contributed by atoms with Gasteiger partial charge in [-0.25, -0.2) is 34.9 Å². The lowest BCUT2D eigenvalue weighted by atomic mass is 9.93. The van der Waals surface area contributed by atoms with Gasteiger partial charge in [0.25, 0.3) is 5.79 Å². The summed E-state index contributed by atoms with van der Waals surface area (Å²) in [4.78, 5) is 39.4. The molecule has 86 heavy (non-hydrogen) atoms. The number of benzene rings is 10. The molecule has 3 aliphatic rings. The fourth-order valence-corrected chi connectivity index (χ4v) is 11.9. The first-order valence-electron chi connectivity index (χ1n) is 29.1. The maximum absolute atomic E-state index is 6.75. The molecule has 2 atom stereocenters. The molecule has 2 unspecified atom stereocenters. The molecule has 11 aromatic rings. The topological polar surface area (TPSA) is 110 Å². The average Bonchev–Trinajstić information content (AvgIpc) is 1.81. The number of aliphatic imine (C=N–C) groups is 6. The highest BCUT2D eigenvalue weighted by molar-refractivity contribution is 6.54. The van der Waals surface area contributed by atoms with Gasteiger partial charge in [-0.1, -0.05) is 291 Å². The third-order valence-electron chi connectivity index (χ3n) is 15.8. The predicted octanol–water partition coefficient (Wildman–Crippen LogP) is 15.8. The number of hydrogen-bond acceptors (Lipinski definition) is 9. The lowest BCUT2D eigenvalue weighted by molar-refractivity contribution is 0.0216. The second-order valence-electron chi connectivity index (χ2n) is 21.1. The van der Waals surface area contributed by atoms with Crippen LogP contribution in [0.4, 0.5) is 0 Å². The summed E-state index contributed by atoms with van der Waals surface area (Å²) in [5, 5.41) is 0. The number of imidazole rings is 1. The van der Waals surface area contributed by atoms with E-state index in [9.17, 15) is 0 Å². The summed E-state index contributed by atoms with van der Waals surface area (Å²) in [6.07, 6.45) is 0. The first-order valence-corrected chi connectivity index (χ1v) is 29.1. The van der Waals surface area contributed by atoms with Crippen LogP contribution in [0.5, 0.6) is 0 Å². The maximum Gasteiger partial charge on any atom is 0.261 e. The first kappa shape index (κ1) is 53.4. The molecule has 0 N–H and O–H groups in total. The minimum absolute atomic E-state index is 0.411. The minimum atomic E-state index is -1.51. The van der Waals surface area contributed by atoms with E-state index < -0.39 is 17.2 Å². The van der Waals surface area contributed by atoms with Crippen LogP contribution < -0.4 is 0 Å². The minimum Gasteiger partial charge on any atom is -0.345 e. The van der Waals surface area contributed by atoms with E-state index in [0.29, 0.717) is 30.7 Å². The van der Waals surface area contributed by atoms with E-state index in [1.807, 2.05) is 135 Å². The monoisotopic (exact) mass is 1110 g/mol. The highest BCUT2D eigenvalue weighted by Gasteiger charge is 2.48. The fraction of sp³-hybridized carbons (Fsp3) is 0.0921. The van der Waals surface area contributed by atoms with Crippen molar-refractivity contribution in [2.24, 2.45) is 30.0 Å². The summed E-state index contributed by atoms with van der Waals surface area (Å²) in [5.74, 6) is 0.232. The lowest BCUT2D eigenvalue weighted by Crippen LogP contribution is -2.35. The summed E-state index contributed by atoms with van der Waals surface area (Å²) in [6.45, 7) is 4.82. The van der Waals surface area contributed by atoms with Crippen molar-refractivity contribution >= 4 is 34.5 Å². The number of ether oxygens (including phenoxy) is 2. The van der Waals surface area contributed by atoms with Crippen LogP contribution in [-0.4, -0.2) is 57.3 Å². The Labute approximate surface area is 500 Å². The van der Waals surface area contributed by atoms with Crippen LogP contribution in [0.3, 0.4) is 0 Å². The van der Waals surface area contributed by atoms with E-state index in [2.05, 4.69) is 174 Å². The van der Waals surface area contributed by atoms with Crippen LogP contribution >= 0.6 is 0 Å². The second kappa shape index (κ2) is 22.8. The molecule has 0 spiro atoms. The van der Waals surface area contributed by atoms with E-state index >= 15 is 0 Å². The van der Waals surface area contributed by atoms with Gasteiger partial charge >= 0.3 is 0 Å². The molecule has 0 aliphatic carbocycles. The van der Waals surface area contributed by atoms with Crippen LogP contribution in [0.15, 0.2) is 321 Å². The van der Waals surface area contributed by atoms with Gasteiger partial charge in [0, 0.05) is 80.0 Å². The Morgan fingerprint density at radius 3 is 1.05 bits per heavy atom. The van der Waals surface area contributed by atoms with Gasteiger partial charge in [0.2, 0.25) is 11.4 Å². The second-order valence-corrected chi connectivity index (χ2v) is 21.1. The van der Waals surface area contributed by atoms with Crippen molar-refractivity contribution in [2.45, 2.75) is 31.1 Å². The van der Waals surface area contributed by atoms with Crippen molar-refractivity contribution in [1.29, 1.82) is 0 Å². The molecule has 0 saturated heterocycles. The van der Waals surface area contributed by atoms with Crippen molar-refractivity contribution in [3.8, 4) is 33.9 Å². The Morgan fingerprint density at radius 2 is 0.651 bits per heavy atom. The molecule has 4 heterocycles. The van der Waals surface area contributed by atoms with Gasteiger partial charge in [-0.15, -0.1) is 0 Å². The van der Waals surface area contributed by atoms with Gasteiger partial charge in [-0.05, 0) is 13.8 Å². The molecular weight excluding hydrogens is 1060 g/mol. The van der Waals surface area contributed by atoms with Gasteiger partial charge in [-0.3, -0.25) is 4.57 Å². The molecule has 0 radical (unpaired) electrons. The van der Waals surface area contributed by atoms with Crippen LogP contribution in [0.25, 0.3) is 33.9 Å². The fourth-order valence-electron chi connectivity index (χ4n) is 11.9. The van der Waals surface area contributed by atoms with Crippen molar-refractivity contribution < 1.29 is 9.47 Å². The summed E-state index contributed by atoms with van der Waals surface area (Å²) in [5.41, 5.74) is 12.7. The first-order chi connectivity index (χ1) is 42.5. The van der Waals surface area contributed by atoms with Crippen molar-refractivity contribution in [2.75, 3.05) is 13.2 Å². The Morgan fingerprint density at radius 1 is 0.314 bits per heavy atom. The SMILES string of the molecule is CCOC1(c2ccccc2)N=C(c2ccc(-c3nc(-c4ccccc4)c(-c4ccccc4)n3C3(c4ccc(C5=NC(OCC)(c6ccccc6)C(c6ccccc6)=N5)cc4)N=C(c4ccccc4)C(c4ccccc4)=N3)cc2)N=C1c1ccccc1. The number of nitrogens with zero attached hydrogens (tertiary/aromatic N) is 8. The maximum atomic E-state index is 6.75. The molecule has 414 valence electrons. The van der Waals surface area contributed by atoms with Crippen molar-refractivity contribution in [3.05, 3.63) is 341 Å².